The fraction of sp³-hybridized carbons (Fsp3) is 0.368. The van der Waals surface area contributed by atoms with Crippen molar-refractivity contribution in [3.05, 3.63) is 59.9 Å². The fourth-order valence-corrected chi connectivity index (χ4v) is 4.87. The lowest BCUT2D eigenvalue weighted by Gasteiger charge is -2.27. The number of hydrazine groups is 1. The van der Waals surface area contributed by atoms with Crippen LogP contribution in [0, 0.1) is 5.92 Å². The number of ether oxygens (including phenoxy) is 1. The Morgan fingerprint density at radius 2 is 2.15 bits per heavy atom. The van der Waals surface area contributed by atoms with Gasteiger partial charge in [-0.15, -0.1) is 11.8 Å². The molecule has 1 amide bonds. The predicted octanol–water partition coefficient (Wildman–Crippen LogP) is 2.00. The average molecular weight is 370 g/mol. The minimum atomic E-state index is -0.0596. The molecular weight excluding hydrogens is 348 g/mol. The monoisotopic (exact) mass is 370 g/mol. The normalized spacial score (nSPS) is 28.1. The molecule has 2 aromatic rings. The quantitative estimate of drug-likeness (QED) is 0.764. The zero-order valence-corrected chi connectivity index (χ0v) is 15.3. The summed E-state index contributed by atoms with van der Waals surface area (Å²) in [4.78, 5) is 16.3. The molecule has 2 saturated heterocycles. The van der Waals surface area contributed by atoms with Crippen molar-refractivity contribution in [1.29, 1.82) is 0 Å². The van der Waals surface area contributed by atoms with Crippen LogP contribution in [0.25, 0.3) is 0 Å². The number of nitrogens with one attached hydrogen (secondary N) is 3. The van der Waals surface area contributed by atoms with E-state index in [0.29, 0.717) is 12.4 Å². The molecule has 4 atom stereocenters. The molecule has 0 radical (unpaired) electrons. The molecule has 0 bridgehead atoms. The fourth-order valence-electron chi connectivity index (χ4n) is 3.50. The van der Waals surface area contributed by atoms with E-state index in [1.54, 1.807) is 18.0 Å². The molecule has 6 nitrogen and oxygen atoms in total. The topological polar surface area (TPSA) is 75.3 Å². The van der Waals surface area contributed by atoms with E-state index in [1.165, 1.54) is 5.56 Å². The number of thioether (sulfide) groups is 1. The molecule has 1 aromatic heterocycles. The maximum Gasteiger partial charge on any atom is 0.231 e. The van der Waals surface area contributed by atoms with Crippen molar-refractivity contribution in [1.82, 2.24) is 21.2 Å². The Bertz CT molecular complexity index is 773. The van der Waals surface area contributed by atoms with E-state index in [0.717, 1.165) is 11.4 Å². The second-order valence-electron chi connectivity index (χ2n) is 6.61. The number of amides is 1. The van der Waals surface area contributed by atoms with E-state index in [4.69, 9.17) is 4.74 Å². The summed E-state index contributed by atoms with van der Waals surface area (Å²) in [5.41, 5.74) is 8.53. The smallest absolute Gasteiger partial charge is 0.231 e. The third kappa shape index (κ3) is 3.70. The number of hydrogen-bond acceptors (Lipinski definition) is 6. The van der Waals surface area contributed by atoms with E-state index in [1.807, 2.05) is 30.3 Å². The molecule has 1 aromatic carbocycles. The summed E-state index contributed by atoms with van der Waals surface area (Å²) in [6.45, 7) is 2.58. The second-order valence-corrected chi connectivity index (χ2v) is 7.74. The van der Waals surface area contributed by atoms with Crippen LogP contribution < -0.4 is 20.9 Å². The molecule has 7 heteroatoms. The third-order valence-electron chi connectivity index (χ3n) is 4.79. The first-order valence-electron chi connectivity index (χ1n) is 8.75. The highest BCUT2D eigenvalue weighted by Crippen LogP contribution is 2.42. The summed E-state index contributed by atoms with van der Waals surface area (Å²) in [5.74, 6) is 1.61. The summed E-state index contributed by atoms with van der Waals surface area (Å²) in [6, 6.07) is 14.2. The van der Waals surface area contributed by atoms with Gasteiger partial charge in [0.1, 0.15) is 12.4 Å². The van der Waals surface area contributed by atoms with Gasteiger partial charge < -0.3 is 10.1 Å². The zero-order valence-electron chi connectivity index (χ0n) is 14.5. The van der Waals surface area contributed by atoms with Crippen LogP contribution in [0.1, 0.15) is 23.4 Å². The molecule has 2 aliphatic rings. The third-order valence-corrected chi connectivity index (χ3v) is 6.16. The van der Waals surface area contributed by atoms with Gasteiger partial charge in [0.2, 0.25) is 5.91 Å². The summed E-state index contributed by atoms with van der Waals surface area (Å²) < 4.78 is 5.93. The summed E-state index contributed by atoms with van der Waals surface area (Å²) in [6.07, 6.45) is 1.71. The standard InChI is InChI=1S/C19H22N4O2S/c1-12-17-18(26-11-16(24)21-19(17)23-22-12)13-5-4-7-15(9-13)25-10-14-6-2-3-8-20-14/h2-9,12,17-19,22-23H,10-11H2,1H3,(H,21,24). The number of carbonyl (C=O) groups excluding carboxylic acids is 1. The number of hydrogen-bond donors (Lipinski definition) is 3. The molecule has 26 heavy (non-hydrogen) atoms. The highest BCUT2D eigenvalue weighted by molar-refractivity contribution is 8.00. The van der Waals surface area contributed by atoms with Crippen molar-refractivity contribution in [2.75, 3.05) is 5.75 Å². The van der Waals surface area contributed by atoms with Crippen molar-refractivity contribution in [2.45, 2.75) is 31.0 Å². The highest BCUT2D eigenvalue weighted by Gasteiger charge is 2.42. The Hall–Kier alpha value is -2.09. The van der Waals surface area contributed by atoms with Crippen LogP contribution in [-0.4, -0.2) is 28.9 Å². The number of aromatic nitrogens is 1. The minimum absolute atomic E-state index is 0.0596. The van der Waals surface area contributed by atoms with Gasteiger partial charge >= 0.3 is 0 Å². The number of pyridine rings is 1. The van der Waals surface area contributed by atoms with E-state index >= 15 is 0 Å². The SMILES string of the molecule is CC1NNC2NC(=O)CSC(c3cccc(OCc4ccccn4)c3)C12. The van der Waals surface area contributed by atoms with Gasteiger partial charge in [0.25, 0.3) is 0 Å². The van der Waals surface area contributed by atoms with Crippen LogP contribution >= 0.6 is 11.8 Å². The lowest BCUT2D eigenvalue weighted by atomic mass is 9.91. The Labute approximate surface area is 157 Å². The number of nitrogens with zero attached hydrogens (tertiary/aromatic N) is 1. The predicted molar refractivity (Wildman–Crippen MR) is 101 cm³/mol. The molecule has 4 unspecified atom stereocenters. The molecule has 4 rings (SSSR count). The first-order valence-corrected chi connectivity index (χ1v) is 9.80. The van der Waals surface area contributed by atoms with Gasteiger partial charge in [0.05, 0.1) is 17.6 Å². The lowest BCUT2D eigenvalue weighted by molar-refractivity contribution is -0.119. The maximum atomic E-state index is 12.0. The number of carbonyl (C=O) groups is 1. The van der Waals surface area contributed by atoms with Gasteiger partial charge in [-0.05, 0) is 36.8 Å². The number of rotatable bonds is 4. The van der Waals surface area contributed by atoms with E-state index < -0.39 is 0 Å². The van der Waals surface area contributed by atoms with Crippen LogP contribution in [0.4, 0.5) is 0 Å². The number of benzene rings is 1. The first kappa shape index (κ1) is 17.3. The van der Waals surface area contributed by atoms with Gasteiger partial charge in [0, 0.05) is 23.4 Å². The molecule has 3 N–H and O–H groups in total. The average Bonchev–Trinajstić information content (AvgIpc) is 2.92. The molecule has 0 aliphatic carbocycles. The second kappa shape index (κ2) is 7.65. The molecular formula is C19H22N4O2S. The van der Waals surface area contributed by atoms with Crippen LogP contribution in [-0.2, 0) is 11.4 Å². The van der Waals surface area contributed by atoms with E-state index in [9.17, 15) is 4.79 Å². The summed E-state index contributed by atoms with van der Waals surface area (Å²) >= 11 is 1.69. The Balaban J connectivity index is 1.53. The lowest BCUT2D eigenvalue weighted by Crippen LogP contribution is -2.46. The van der Waals surface area contributed by atoms with Crippen LogP contribution in [0.2, 0.25) is 0 Å². The molecule has 0 spiro atoms. The Morgan fingerprint density at radius 3 is 3.00 bits per heavy atom. The van der Waals surface area contributed by atoms with Crippen molar-refractivity contribution in [2.24, 2.45) is 5.92 Å². The maximum absolute atomic E-state index is 12.0. The molecule has 2 fully saturated rings. The molecule has 136 valence electrons. The van der Waals surface area contributed by atoms with Crippen LogP contribution in [0.15, 0.2) is 48.7 Å². The first-order chi connectivity index (χ1) is 12.7. The summed E-state index contributed by atoms with van der Waals surface area (Å²) in [7, 11) is 0. The minimum Gasteiger partial charge on any atom is -0.487 e. The van der Waals surface area contributed by atoms with Gasteiger partial charge in [-0.1, -0.05) is 18.2 Å². The van der Waals surface area contributed by atoms with E-state index in [2.05, 4.69) is 40.2 Å². The Morgan fingerprint density at radius 1 is 1.23 bits per heavy atom. The van der Waals surface area contributed by atoms with Gasteiger partial charge in [0.15, 0.2) is 0 Å². The highest BCUT2D eigenvalue weighted by atomic mass is 32.2. The van der Waals surface area contributed by atoms with Crippen molar-refractivity contribution in [3.8, 4) is 5.75 Å². The van der Waals surface area contributed by atoms with Crippen molar-refractivity contribution >= 4 is 17.7 Å². The number of fused-ring (bicyclic) bond motifs is 1. The van der Waals surface area contributed by atoms with E-state index in [-0.39, 0.29) is 29.3 Å². The molecule has 2 aliphatic heterocycles. The van der Waals surface area contributed by atoms with Crippen LogP contribution in [0.3, 0.4) is 0 Å². The molecule has 0 saturated carbocycles. The van der Waals surface area contributed by atoms with Gasteiger partial charge in [-0.25, -0.2) is 5.43 Å². The zero-order chi connectivity index (χ0) is 17.9. The van der Waals surface area contributed by atoms with Crippen molar-refractivity contribution in [3.63, 3.8) is 0 Å². The van der Waals surface area contributed by atoms with Crippen LogP contribution in [0.5, 0.6) is 5.75 Å². The Kier molecular flexibility index (Phi) is 5.10. The largest absolute Gasteiger partial charge is 0.487 e. The van der Waals surface area contributed by atoms with Gasteiger partial charge in [-0.3, -0.25) is 15.2 Å². The summed E-state index contributed by atoms with van der Waals surface area (Å²) in [5, 5.41) is 3.26. The van der Waals surface area contributed by atoms with Gasteiger partial charge in [-0.2, -0.15) is 0 Å². The van der Waals surface area contributed by atoms with Crippen molar-refractivity contribution < 1.29 is 9.53 Å². The molecule has 3 heterocycles.